The predicted octanol–water partition coefficient (Wildman–Crippen LogP) is 3.05. The molecule has 2 aromatic carbocycles. The van der Waals surface area contributed by atoms with Gasteiger partial charge >= 0.3 is 11.9 Å². The molecule has 9 heteroatoms. The molecule has 198 valence electrons. The number of carbonyl (C=O) groups excluding carboxylic acids is 1. The van der Waals surface area contributed by atoms with Crippen LogP contribution in [0.2, 0.25) is 0 Å². The first-order chi connectivity index (χ1) is 17.8. The fourth-order valence-electron chi connectivity index (χ4n) is 4.52. The van der Waals surface area contributed by atoms with E-state index in [4.69, 9.17) is 19.8 Å². The molecule has 0 atom stereocenters. The van der Waals surface area contributed by atoms with Gasteiger partial charge in [-0.2, -0.15) is 0 Å². The molecule has 8 nitrogen and oxygen atoms in total. The molecule has 0 aliphatic carbocycles. The number of aliphatic carboxylic acids is 2. The molecular formula is C28H34FN3O5. The molecule has 0 radical (unpaired) electrons. The van der Waals surface area contributed by atoms with E-state index in [0.29, 0.717) is 12.5 Å². The predicted molar refractivity (Wildman–Crippen MR) is 138 cm³/mol. The van der Waals surface area contributed by atoms with Crippen molar-refractivity contribution < 1.29 is 29.0 Å². The summed E-state index contributed by atoms with van der Waals surface area (Å²) in [6.45, 7) is 6.74. The molecule has 2 saturated heterocycles. The van der Waals surface area contributed by atoms with Gasteiger partial charge in [0, 0.05) is 50.7 Å². The van der Waals surface area contributed by atoms with Gasteiger partial charge in [-0.3, -0.25) is 14.6 Å². The fraction of sp³-hybridized carbons (Fsp3) is 0.393. The summed E-state index contributed by atoms with van der Waals surface area (Å²) in [5.74, 6) is -3.37. The number of piperidine rings is 1. The molecule has 0 unspecified atom stereocenters. The lowest BCUT2D eigenvalue weighted by molar-refractivity contribution is -0.159. The Morgan fingerprint density at radius 1 is 0.811 bits per heavy atom. The molecule has 0 aromatic heterocycles. The van der Waals surface area contributed by atoms with Gasteiger partial charge in [0.25, 0.3) is 0 Å². The largest absolute Gasteiger partial charge is 0.473 e. The summed E-state index contributed by atoms with van der Waals surface area (Å²) in [7, 11) is 0. The Morgan fingerprint density at radius 3 is 2.00 bits per heavy atom. The first-order valence-electron chi connectivity index (χ1n) is 12.5. The third kappa shape index (κ3) is 9.11. The molecular weight excluding hydrogens is 477 g/mol. The van der Waals surface area contributed by atoms with Crippen LogP contribution >= 0.6 is 0 Å². The summed E-state index contributed by atoms with van der Waals surface area (Å²) in [6, 6.07) is 17.3. The number of likely N-dealkylation sites (tertiary alicyclic amines) is 1. The number of carbonyl (C=O) groups is 3. The highest BCUT2D eigenvalue weighted by Gasteiger charge is 2.30. The van der Waals surface area contributed by atoms with E-state index in [1.54, 1.807) is 6.07 Å². The van der Waals surface area contributed by atoms with Crippen LogP contribution in [0.5, 0.6) is 0 Å². The number of hydrogen-bond donors (Lipinski definition) is 2. The topological polar surface area (TPSA) is 101 Å². The summed E-state index contributed by atoms with van der Waals surface area (Å²) in [4.78, 5) is 37.9. The second kappa shape index (κ2) is 14.2. The van der Waals surface area contributed by atoms with Crippen LogP contribution in [-0.2, 0) is 20.9 Å². The van der Waals surface area contributed by atoms with Gasteiger partial charge in [-0.15, -0.1) is 0 Å². The van der Waals surface area contributed by atoms with E-state index in [1.807, 2.05) is 18.2 Å². The standard InChI is InChI=1S/C26H32FN3O.C2H2O4/c27-25-11-5-4-10-24(25)21-29-15-12-23(13-16-29)26(31)30-19-17-28(18-20-30)14-6-9-22-7-2-1-3-8-22;3-1(4)2(5)6/h1-11,23H,12-21H2;(H,3,4)(H,5,6)/b9-6+;. The van der Waals surface area contributed by atoms with Crippen molar-refractivity contribution in [3.8, 4) is 0 Å². The Bertz CT molecular complexity index is 1050. The number of rotatable bonds is 6. The van der Waals surface area contributed by atoms with Crippen molar-refractivity contribution in [1.29, 1.82) is 0 Å². The maximum absolute atomic E-state index is 13.9. The van der Waals surface area contributed by atoms with Crippen LogP contribution < -0.4 is 0 Å². The zero-order chi connectivity index (χ0) is 26.6. The molecule has 2 aromatic rings. The van der Waals surface area contributed by atoms with E-state index >= 15 is 0 Å². The van der Waals surface area contributed by atoms with Crippen molar-refractivity contribution in [3.05, 3.63) is 77.6 Å². The van der Waals surface area contributed by atoms with Crippen LogP contribution in [0.15, 0.2) is 60.7 Å². The number of halogens is 1. The Morgan fingerprint density at radius 2 is 1.41 bits per heavy atom. The Hall–Kier alpha value is -3.56. The number of carboxylic acid groups (broad SMARTS) is 2. The quantitative estimate of drug-likeness (QED) is 0.575. The van der Waals surface area contributed by atoms with Crippen LogP contribution in [0.4, 0.5) is 4.39 Å². The number of hydrogen-bond acceptors (Lipinski definition) is 5. The summed E-state index contributed by atoms with van der Waals surface area (Å²) in [5.41, 5.74) is 1.96. The van der Waals surface area contributed by atoms with Crippen LogP contribution in [0.3, 0.4) is 0 Å². The third-order valence-electron chi connectivity index (χ3n) is 6.63. The van der Waals surface area contributed by atoms with Gasteiger partial charge in [0.1, 0.15) is 5.82 Å². The Balaban J connectivity index is 0.000000568. The molecule has 0 bridgehead atoms. The minimum Gasteiger partial charge on any atom is -0.473 e. The first kappa shape index (κ1) is 28.0. The number of piperazine rings is 1. The molecule has 37 heavy (non-hydrogen) atoms. The average Bonchev–Trinajstić information content (AvgIpc) is 2.91. The maximum Gasteiger partial charge on any atom is 0.414 e. The molecule has 2 aliphatic heterocycles. The highest BCUT2D eigenvalue weighted by atomic mass is 19.1. The van der Waals surface area contributed by atoms with Crippen molar-refractivity contribution in [2.75, 3.05) is 45.8 Å². The second-order valence-electron chi connectivity index (χ2n) is 9.19. The molecule has 4 rings (SSSR count). The zero-order valence-electron chi connectivity index (χ0n) is 20.8. The van der Waals surface area contributed by atoms with Gasteiger partial charge in [-0.25, -0.2) is 14.0 Å². The fourth-order valence-corrected chi connectivity index (χ4v) is 4.52. The van der Waals surface area contributed by atoms with Gasteiger partial charge in [-0.1, -0.05) is 60.7 Å². The Kier molecular flexibility index (Phi) is 10.8. The van der Waals surface area contributed by atoms with Gasteiger partial charge in [-0.05, 0) is 37.6 Å². The summed E-state index contributed by atoms with van der Waals surface area (Å²) in [6.07, 6.45) is 6.10. The highest BCUT2D eigenvalue weighted by molar-refractivity contribution is 6.27. The molecule has 0 saturated carbocycles. The van der Waals surface area contributed by atoms with E-state index in [2.05, 4.69) is 51.1 Å². The summed E-state index contributed by atoms with van der Waals surface area (Å²) < 4.78 is 13.9. The monoisotopic (exact) mass is 511 g/mol. The van der Waals surface area contributed by atoms with Gasteiger partial charge in [0.15, 0.2) is 0 Å². The van der Waals surface area contributed by atoms with E-state index in [0.717, 1.165) is 64.2 Å². The third-order valence-corrected chi connectivity index (χ3v) is 6.63. The van der Waals surface area contributed by atoms with Crippen LogP contribution in [0.1, 0.15) is 24.0 Å². The van der Waals surface area contributed by atoms with Crippen LogP contribution in [0.25, 0.3) is 6.08 Å². The number of nitrogens with zero attached hydrogens (tertiary/aromatic N) is 3. The highest BCUT2D eigenvalue weighted by Crippen LogP contribution is 2.22. The van der Waals surface area contributed by atoms with Crippen molar-refractivity contribution in [2.45, 2.75) is 19.4 Å². The smallest absolute Gasteiger partial charge is 0.414 e. The lowest BCUT2D eigenvalue weighted by Crippen LogP contribution is -2.51. The molecule has 2 N–H and O–H groups in total. The van der Waals surface area contributed by atoms with E-state index in [1.165, 1.54) is 11.6 Å². The van der Waals surface area contributed by atoms with Crippen LogP contribution in [0, 0.1) is 11.7 Å². The number of benzene rings is 2. The molecule has 2 heterocycles. The van der Waals surface area contributed by atoms with Gasteiger partial charge in [0.05, 0.1) is 0 Å². The summed E-state index contributed by atoms with van der Waals surface area (Å²) in [5, 5.41) is 14.8. The molecule has 0 spiro atoms. The SMILES string of the molecule is O=C(C1CCN(Cc2ccccc2F)CC1)N1CCN(C/C=C/c2ccccc2)CC1.O=C(O)C(=O)O. The van der Waals surface area contributed by atoms with E-state index < -0.39 is 11.9 Å². The minimum atomic E-state index is -1.82. The molecule has 2 fully saturated rings. The zero-order valence-corrected chi connectivity index (χ0v) is 20.8. The second-order valence-corrected chi connectivity index (χ2v) is 9.19. The van der Waals surface area contributed by atoms with Crippen LogP contribution in [-0.4, -0.2) is 88.6 Å². The first-order valence-corrected chi connectivity index (χ1v) is 12.5. The number of amides is 1. The lowest BCUT2D eigenvalue weighted by Gasteiger charge is -2.38. The van der Waals surface area contributed by atoms with E-state index in [-0.39, 0.29) is 11.7 Å². The Labute approximate surface area is 216 Å². The maximum atomic E-state index is 13.9. The molecule has 2 aliphatic rings. The van der Waals surface area contributed by atoms with Gasteiger partial charge in [0.2, 0.25) is 5.91 Å². The van der Waals surface area contributed by atoms with E-state index in [9.17, 15) is 9.18 Å². The summed E-state index contributed by atoms with van der Waals surface area (Å²) >= 11 is 0. The minimum absolute atomic E-state index is 0.112. The van der Waals surface area contributed by atoms with Crippen molar-refractivity contribution in [1.82, 2.24) is 14.7 Å². The van der Waals surface area contributed by atoms with Crippen molar-refractivity contribution in [3.63, 3.8) is 0 Å². The van der Waals surface area contributed by atoms with Crippen molar-refractivity contribution >= 4 is 23.9 Å². The normalized spacial score (nSPS) is 17.3. The average molecular weight is 512 g/mol. The lowest BCUT2D eigenvalue weighted by atomic mass is 9.94. The van der Waals surface area contributed by atoms with Crippen molar-refractivity contribution in [2.24, 2.45) is 5.92 Å². The van der Waals surface area contributed by atoms with Gasteiger partial charge < -0.3 is 15.1 Å². The number of carboxylic acids is 2. The molecule has 1 amide bonds.